The quantitative estimate of drug-likeness (QED) is 0.608. The molecule has 0 bridgehead atoms. The Morgan fingerprint density at radius 1 is 1.07 bits per heavy atom. The first-order valence-electron chi connectivity index (χ1n) is 8.56. The van der Waals surface area contributed by atoms with E-state index >= 15 is 0 Å². The predicted octanol–water partition coefficient (Wildman–Crippen LogP) is 5.60. The van der Waals surface area contributed by atoms with Crippen molar-refractivity contribution in [3.63, 3.8) is 0 Å². The van der Waals surface area contributed by atoms with E-state index in [9.17, 15) is 4.79 Å². The summed E-state index contributed by atoms with van der Waals surface area (Å²) in [4.78, 5) is 12.7. The fourth-order valence-corrected chi connectivity index (χ4v) is 2.83. The van der Waals surface area contributed by atoms with E-state index in [4.69, 9.17) is 28.5 Å². The average molecular weight is 413 g/mol. The van der Waals surface area contributed by atoms with Crippen molar-refractivity contribution in [3.8, 4) is 11.8 Å². The molecule has 7 heteroatoms. The highest BCUT2D eigenvalue weighted by Gasteiger charge is 2.22. The monoisotopic (exact) mass is 412 g/mol. The standard InChI is InChI=1S/C21H18Cl2N4O/c1-21(2,3)18-11-19(25-20(28)14-6-9-16(22)17(23)10-14)27(26-18)15-7-4-13(12-24)5-8-15/h4-11H,1-3H3,(H,25,28). The molecule has 0 fully saturated rings. The first-order valence-corrected chi connectivity index (χ1v) is 9.32. The number of rotatable bonds is 3. The summed E-state index contributed by atoms with van der Waals surface area (Å²) in [6.07, 6.45) is 0. The van der Waals surface area contributed by atoms with Crippen LogP contribution in [0, 0.1) is 11.3 Å². The summed E-state index contributed by atoms with van der Waals surface area (Å²) in [5.74, 6) is 0.194. The number of hydrogen-bond donors (Lipinski definition) is 1. The molecule has 5 nitrogen and oxygen atoms in total. The highest BCUT2D eigenvalue weighted by molar-refractivity contribution is 6.42. The molecule has 1 aromatic heterocycles. The molecule has 0 spiro atoms. The fraction of sp³-hybridized carbons (Fsp3) is 0.190. The molecule has 0 atom stereocenters. The van der Waals surface area contributed by atoms with Crippen molar-refractivity contribution < 1.29 is 4.79 Å². The molecule has 1 heterocycles. The topological polar surface area (TPSA) is 70.7 Å². The van der Waals surface area contributed by atoms with E-state index in [1.807, 2.05) is 26.8 Å². The molecule has 0 aliphatic carbocycles. The van der Waals surface area contributed by atoms with Crippen LogP contribution in [0.15, 0.2) is 48.5 Å². The molecular formula is C21H18Cl2N4O. The molecule has 0 unspecified atom stereocenters. The maximum Gasteiger partial charge on any atom is 0.256 e. The number of halogens is 2. The lowest BCUT2D eigenvalue weighted by atomic mass is 9.92. The van der Waals surface area contributed by atoms with Gasteiger partial charge in [-0.2, -0.15) is 10.4 Å². The van der Waals surface area contributed by atoms with Gasteiger partial charge in [-0.05, 0) is 42.5 Å². The minimum Gasteiger partial charge on any atom is -0.306 e. The lowest BCUT2D eigenvalue weighted by molar-refractivity contribution is 0.102. The lowest BCUT2D eigenvalue weighted by Gasteiger charge is -2.14. The summed E-state index contributed by atoms with van der Waals surface area (Å²) in [5.41, 5.74) is 2.29. The van der Waals surface area contributed by atoms with E-state index in [1.54, 1.807) is 41.1 Å². The minimum absolute atomic E-state index is 0.207. The van der Waals surface area contributed by atoms with E-state index in [1.165, 1.54) is 6.07 Å². The van der Waals surface area contributed by atoms with Crippen LogP contribution in [0.1, 0.15) is 42.4 Å². The van der Waals surface area contributed by atoms with Crippen molar-refractivity contribution in [2.75, 3.05) is 5.32 Å². The van der Waals surface area contributed by atoms with Crippen molar-refractivity contribution in [2.24, 2.45) is 0 Å². The molecule has 1 amide bonds. The molecule has 3 aromatic rings. The van der Waals surface area contributed by atoms with Gasteiger partial charge in [0, 0.05) is 17.0 Å². The summed E-state index contributed by atoms with van der Waals surface area (Å²) in [6, 6.07) is 15.6. The van der Waals surface area contributed by atoms with Gasteiger partial charge in [0.05, 0.1) is 33.1 Å². The normalized spacial score (nSPS) is 11.1. The number of aromatic nitrogens is 2. The maximum atomic E-state index is 12.7. The van der Waals surface area contributed by atoms with Crippen molar-refractivity contribution in [1.82, 2.24) is 9.78 Å². The lowest BCUT2D eigenvalue weighted by Crippen LogP contribution is -2.15. The maximum absolute atomic E-state index is 12.7. The molecule has 0 aliphatic rings. The van der Waals surface area contributed by atoms with E-state index in [0.29, 0.717) is 27.0 Å². The molecule has 3 rings (SSSR count). The number of nitrogens with one attached hydrogen (secondary N) is 1. The molecule has 0 radical (unpaired) electrons. The second kappa shape index (κ2) is 7.67. The Balaban J connectivity index is 2.00. The molecular weight excluding hydrogens is 395 g/mol. The Morgan fingerprint density at radius 3 is 2.32 bits per heavy atom. The van der Waals surface area contributed by atoms with E-state index in [2.05, 4.69) is 16.5 Å². The van der Waals surface area contributed by atoms with Crippen LogP contribution in [0.5, 0.6) is 0 Å². The smallest absolute Gasteiger partial charge is 0.256 e. The Hall–Kier alpha value is -2.81. The highest BCUT2D eigenvalue weighted by Crippen LogP contribution is 2.27. The van der Waals surface area contributed by atoms with Crippen molar-refractivity contribution in [1.29, 1.82) is 5.26 Å². The summed E-state index contributed by atoms with van der Waals surface area (Å²) < 4.78 is 1.65. The minimum atomic E-state index is -0.325. The number of anilines is 1. The summed E-state index contributed by atoms with van der Waals surface area (Å²) in [5, 5.41) is 17.2. The van der Waals surface area contributed by atoms with Crippen LogP contribution in [0.3, 0.4) is 0 Å². The van der Waals surface area contributed by atoms with Gasteiger partial charge in [0.25, 0.3) is 5.91 Å². The van der Waals surface area contributed by atoms with Crippen molar-refractivity contribution >= 4 is 34.9 Å². The number of nitriles is 1. The van der Waals surface area contributed by atoms with Crippen molar-refractivity contribution in [3.05, 3.63) is 75.4 Å². The third kappa shape index (κ3) is 4.19. The van der Waals surface area contributed by atoms with Crippen LogP contribution in [-0.2, 0) is 5.41 Å². The van der Waals surface area contributed by atoms with E-state index in [-0.39, 0.29) is 11.3 Å². The summed E-state index contributed by atoms with van der Waals surface area (Å²) >= 11 is 12.0. The Kier molecular flexibility index (Phi) is 5.46. The van der Waals surface area contributed by atoms with Gasteiger partial charge in [-0.3, -0.25) is 4.79 Å². The van der Waals surface area contributed by atoms with Crippen LogP contribution in [0.2, 0.25) is 10.0 Å². The second-order valence-corrected chi connectivity index (χ2v) is 8.13. The Labute approximate surface area is 173 Å². The first-order chi connectivity index (χ1) is 13.2. The van der Waals surface area contributed by atoms with Gasteiger partial charge in [-0.1, -0.05) is 44.0 Å². The van der Waals surface area contributed by atoms with E-state index < -0.39 is 0 Å². The summed E-state index contributed by atoms with van der Waals surface area (Å²) in [7, 11) is 0. The number of amides is 1. The van der Waals surface area contributed by atoms with Gasteiger partial charge in [0.2, 0.25) is 0 Å². The number of hydrogen-bond acceptors (Lipinski definition) is 3. The predicted molar refractivity (Wildman–Crippen MR) is 111 cm³/mol. The van der Waals surface area contributed by atoms with Crippen LogP contribution in [0.25, 0.3) is 5.69 Å². The fourth-order valence-electron chi connectivity index (χ4n) is 2.54. The highest BCUT2D eigenvalue weighted by atomic mass is 35.5. The van der Waals surface area contributed by atoms with Crippen molar-refractivity contribution in [2.45, 2.75) is 26.2 Å². The summed E-state index contributed by atoms with van der Waals surface area (Å²) in [6.45, 7) is 6.13. The van der Waals surface area contributed by atoms with Gasteiger partial charge < -0.3 is 5.32 Å². The van der Waals surface area contributed by atoms with Gasteiger partial charge in [-0.25, -0.2) is 4.68 Å². The van der Waals surface area contributed by atoms with E-state index in [0.717, 1.165) is 11.4 Å². The second-order valence-electron chi connectivity index (χ2n) is 7.32. The molecule has 1 N–H and O–H groups in total. The molecule has 142 valence electrons. The Bertz CT molecular complexity index is 1070. The SMILES string of the molecule is CC(C)(C)c1cc(NC(=O)c2ccc(Cl)c(Cl)c2)n(-c2ccc(C#N)cc2)n1. The molecule has 0 aliphatic heterocycles. The van der Waals surface area contributed by atoms with Gasteiger partial charge >= 0.3 is 0 Å². The first kappa shape index (κ1) is 19.9. The zero-order chi connectivity index (χ0) is 20.5. The molecule has 28 heavy (non-hydrogen) atoms. The van der Waals surface area contributed by atoms with Crippen LogP contribution in [-0.4, -0.2) is 15.7 Å². The number of carbonyl (C=O) groups excluding carboxylic acids is 1. The zero-order valence-corrected chi connectivity index (χ0v) is 17.1. The van der Waals surface area contributed by atoms with Gasteiger partial charge in [0.15, 0.2) is 0 Å². The van der Waals surface area contributed by atoms with Crippen LogP contribution >= 0.6 is 23.2 Å². The largest absolute Gasteiger partial charge is 0.306 e. The molecule has 2 aromatic carbocycles. The zero-order valence-electron chi connectivity index (χ0n) is 15.6. The Morgan fingerprint density at radius 2 is 1.75 bits per heavy atom. The third-order valence-electron chi connectivity index (χ3n) is 4.14. The average Bonchev–Trinajstić information content (AvgIpc) is 3.08. The number of benzene rings is 2. The van der Waals surface area contributed by atoms with Gasteiger partial charge in [0.1, 0.15) is 5.82 Å². The van der Waals surface area contributed by atoms with Crippen LogP contribution in [0.4, 0.5) is 5.82 Å². The van der Waals surface area contributed by atoms with Crippen LogP contribution < -0.4 is 5.32 Å². The number of carbonyl (C=O) groups is 1. The number of nitrogens with zero attached hydrogens (tertiary/aromatic N) is 3. The van der Waals surface area contributed by atoms with Gasteiger partial charge in [-0.15, -0.1) is 0 Å². The molecule has 0 saturated heterocycles. The molecule has 0 saturated carbocycles. The third-order valence-corrected chi connectivity index (χ3v) is 4.88.